The first-order chi connectivity index (χ1) is 11.0. The molecule has 0 aromatic carbocycles. The van der Waals surface area contributed by atoms with Crippen molar-refractivity contribution in [3.05, 3.63) is 0 Å². The highest BCUT2D eigenvalue weighted by atomic mass is 16.5. The molecule has 0 amide bonds. The number of likely N-dealkylation sites (tertiary alicyclic amines) is 1. The monoisotopic (exact) mass is 339 g/mol. The van der Waals surface area contributed by atoms with Gasteiger partial charge in [0.1, 0.15) is 0 Å². The van der Waals surface area contributed by atoms with Crippen LogP contribution in [0.3, 0.4) is 0 Å². The van der Waals surface area contributed by atoms with Crippen LogP contribution in [0.1, 0.15) is 74.1 Å². The topological polar surface area (TPSA) is 21.7 Å². The number of rotatable bonds is 6. The van der Waals surface area contributed by atoms with Gasteiger partial charge in [0.2, 0.25) is 0 Å². The number of hydrogen-bond acceptors (Lipinski definition) is 3. The highest BCUT2D eigenvalue weighted by Gasteiger charge is 2.35. The van der Waals surface area contributed by atoms with E-state index in [1.54, 1.807) is 0 Å². The first-order valence-corrected chi connectivity index (χ1v) is 10.1. The maximum absolute atomic E-state index is 6.07. The molecule has 1 saturated heterocycles. The van der Waals surface area contributed by atoms with Crippen molar-refractivity contribution in [2.75, 3.05) is 26.2 Å². The van der Waals surface area contributed by atoms with Crippen LogP contribution in [0.25, 0.3) is 0 Å². The lowest BCUT2D eigenvalue weighted by Crippen LogP contribution is -2.46. The number of ether oxygens (including phenoxy) is 2. The van der Waals surface area contributed by atoms with E-state index in [0.29, 0.717) is 6.10 Å². The summed E-state index contributed by atoms with van der Waals surface area (Å²) in [6.07, 6.45) is 5.57. The maximum atomic E-state index is 6.07. The lowest BCUT2D eigenvalue weighted by Gasteiger charge is -2.44. The summed E-state index contributed by atoms with van der Waals surface area (Å²) in [5.41, 5.74) is 0.0114. The minimum absolute atomic E-state index is 0.000169. The minimum atomic E-state index is -0.000169. The highest BCUT2D eigenvalue weighted by Crippen LogP contribution is 2.35. The van der Waals surface area contributed by atoms with E-state index in [1.165, 1.54) is 45.3 Å². The zero-order chi connectivity index (χ0) is 18.0. The molecule has 24 heavy (non-hydrogen) atoms. The van der Waals surface area contributed by atoms with Gasteiger partial charge in [-0.15, -0.1) is 0 Å². The molecule has 2 fully saturated rings. The molecular formula is C21H41NO2. The molecule has 2 atom stereocenters. The summed E-state index contributed by atoms with van der Waals surface area (Å²) in [6.45, 7) is 20.1. The SMILES string of the molecule is CC1CN(CC2CC(OC(C)(C)C)C2)CCC1CCOC(C)(C)C. The molecule has 1 heterocycles. The van der Waals surface area contributed by atoms with E-state index >= 15 is 0 Å². The van der Waals surface area contributed by atoms with Crippen LogP contribution in [0.5, 0.6) is 0 Å². The molecule has 142 valence electrons. The van der Waals surface area contributed by atoms with Gasteiger partial charge in [0.05, 0.1) is 17.3 Å². The smallest absolute Gasteiger partial charge is 0.0602 e. The van der Waals surface area contributed by atoms with Crippen molar-refractivity contribution >= 4 is 0 Å². The average molecular weight is 340 g/mol. The molecule has 2 unspecified atom stereocenters. The number of hydrogen-bond donors (Lipinski definition) is 0. The maximum Gasteiger partial charge on any atom is 0.0602 e. The van der Waals surface area contributed by atoms with Gasteiger partial charge in [-0.1, -0.05) is 6.92 Å². The van der Waals surface area contributed by atoms with E-state index in [0.717, 1.165) is 24.4 Å². The summed E-state index contributed by atoms with van der Waals surface area (Å²) in [4.78, 5) is 2.70. The van der Waals surface area contributed by atoms with E-state index in [4.69, 9.17) is 9.47 Å². The van der Waals surface area contributed by atoms with E-state index in [9.17, 15) is 0 Å². The fourth-order valence-electron chi connectivity index (χ4n) is 4.18. The molecule has 0 spiro atoms. The second-order valence-electron chi connectivity index (χ2n) is 10.2. The van der Waals surface area contributed by atoms with E-state index in [2.05, 4.69) is 53.4 Å². The molecule has 3 heteroatoms. The Labute approximate surface area is 150 Å². The Bertz CT molecular complexity index is 376. The van der Waals surface area contributed by atoms with Crippen molar-refractivity contribution in [3.8, 4) is 0 Å². The summed E-state index contributed by atoms with van der Waals surface area (Å²) in [7, 11) is 0. The van der Waals surface area contributed by atoms with Gasteiger partial charge in [-0.3, -0.25) is 0 Å². The van der Waals surface area contributed by atoms with Crippen LogP contribution in [0, 0.1) is 17.8 Å². The normalized spacial score (nSPS) is 32.6. The average Bonchev–Trinajstić information content (AvgIpc) is 2.36. The Morgan fingerprint density at radius 1 is 1.00 bits per heavy atom. The zero-order valence-corrected chi connectivity index (χ0v) is 17.2. The van der Waals surface area contributed by atoms with Crippen LogP contribution >= 0.6 is 0 Å². The van der Waals surface area contributed by atoms with Crippen molar-refractivity contribution in [2.24, 2.45) is 17.8 Å². The third-order valence-corrected chi connectivity index (χ3v) is 5.42. The summed E-state index contributed by atoms with van der Waals surface area (Å²) >= 11 is 0. The predicted octanol–water partition coefficient (Wildman–Crippen LogP) is 4.74. The standard InChI is InChI=1S/C21H41NO2/c1-16-14-22(10-8-18(16)9-11-23-20(2,3)4)15-17-12-19(13-17)24-21(5,6)7/h16-19H,8-15H2,1-7H3. The Morgan fingerprint density at radius 2 is 1.67 bits per heavy atom. The predicted molar refractivity (Wildman–Crippen MR) is 101 cm³/mol. The molecule has 0 bridgehead atoms. The molecule has 0 aromatic heterocycles. The fraction of sp³-hybridized carbons (Fsp3) is 1.00. The first kappa shape index (κ1) is 20.2. The Hall–Kier alpha value is -0.120. The summed E-state index contributed by atoms with van der Waals surface area (Å²) in [5.74, 6) is 2.48. The van der Waals surface area contributed by atoms with Gasteiger partial charge in [-0.05, 0) is 91.5 Å². The molecular weight excluding hydrogens is 298 g/mol. The van der Waals surface area contributed by atoms with Gasteiger partial charge in [0.25, 0.3) is 0 Å². The van der Waals surface area contributed by atoms with Gasteiger partial charge >= 0.3 is 0 Å². The van der Waals surface area contributed by atoms with Crippen LogP contribution in [0.15, 0.2) is 0 Å². The molecule has 2 aliphatic rings. The molecule has 1 aliphatic heterocycles. The van der Waals surface area contributed by atoms with Crippen molar-refractivity contribution in [2.45, 2.75) is 91.5 Å². The summed E-state index contributed by atoms with van der Waals surface area (Å²) in [5, 5.41) is 0. The third-order valence-electron chi connectivity index (χ3n) is 5.42. The molecule has 1 saturated carbocycles. The lowest BCUT2D eigenvalue weighted by atomic mass is 9.79. The molecule has 2 rings (SSSR count). The van der Waals surface area contributed by atoms with Crippen LogP contribution < -0.4 is 0 Å². The molecule has 3 nitrogen and oxygen atoms in total. The second kappa shape index (κ2) is 8.05. The van der Waals surface area contributed by atoms with Crippen LogP contribution in [-0.4, -0.2) is 48.4 Å². The van der Waals surface area contributed by atoms with Crippen LogP contribution in [0.2, 0.25) is 0 Å². The van der Waals surface area contributed by atoms with Crippen molar-refractivity contribution in [3.63, 3.8) is 0 Å². The van der Waals surface area contributed by atoms with Gasteiger partial charge in [-0.25, -0.2) is 0 Å². The van der Waals surface area contributed by atoms with Crippen molar-refractivity contribution < 1.29 is 9.47 Å². The molecule has 0 N–H and O–H groups in total. The third kappa shape index (κ3) is 7.01. The van der Waals surface area contributed by atoms with Crippen molar-refractivity contribution in [1.82, 2.24) is 4.90 Å². The van der Waals surface area contributed by atoms with Crippen LogP contribution in [-0.2, 0) is 9.47 Å². The van der Waals surface area contributed by atoms with E-state index in [1.807, 2.05) is 0 Å². The van der Waals surface area contributed by atoms with Crippen molar-refractivity contribution in [1.29, 1.82) is 0 Å². The van der Waals surface area contributed by atoms with Crippen LogP contribution in [0.4, 0.5) is 0 Å². The first-order valence-electron chi connectivity index (χ1n) is 10.1. The van der Waals surface area contributed by atoms with E-state index in [-0.39, 0.29) is 11.2 Å². The Kier molecular flexibility index (Phi) is 6.78. The Balaban J connectivity index is 1.62. The lowest BCUT2D eigenvalue weighted by molar-refractivity contribution is -0.116. The highest BCUT2D eigenvalue weighted by molar-refractivity contribution is 4.87. The van der Waals surface area contributed by atoms with E-state index < -0.39 is 0 Å². The molecule has 0 aromatic rings. The number of piperidine rings is 1. The summed E-state index contributed by atoms with van der Waals surface area (Å²) in [6, 6.07) is 0. The minimum Gasteiger partial charge on any atom is -0.376 e. The zero-order valence-electron chi connectivity index (χ0n) is 17.2. The molecule has 1 aliphatic carbocycles. The fourth-order valence-corrected chi connectivity index (χ4v) is 4.18. The van der Waals surface area contributed by atoms with Gasteiger partial charge in [-0.2, -0.15) is 0 Å². The van der Waals surface area contributed by atoms with Gasteiger partial charge in [0.15, 0.2) is 0 Å². The number of nitrogens with zero attached hydrogens (tertiary/aromatic N) is 1. The van der Waals surface area contributed by atoms with Gasteiger partial charge < -0.3 is 14.4 Å². The summed E-state index contributed by atoms with van der Waals surface area (Å²) < 4.78 is 12.0. The second-order valence-corrected chi connectivity index (χ2v) is 10.2. The molecule has 0 radical (unpaired) electrons. The largest absolute Gasteiger partial charge is 0.376 e. The Morgan fingerprint density at radius 3 is 2.21 bits per heavy atom. The van der Waals surface area contributed by atoms with Gasteiger partial charge in [0, 0.05) is 19.7 Å². The quantitative estimate of drug-likeness (QED) is 0.697.